The zero-order valence-corrected chi connectivity index (χ0v) is 12.2. The first-order valence-electron chi connectivity index (χ1n) is 4.66. The molecule has 0 aliphatic heterocycles. The van der Waals surface area contributed by atoms with E-state index in [0.29, 0.717) is 6.42 Å². The zero-order chi connectivity index (χ0) is 11.5. The lowest BCUT2D eigenvalue weighted by Gasteiger charge is -2.00. The average Bonchev–Trinajstić information content (AvgIpc) is 2.68. The maximum atomic E-state index is 11.9. The van der Waals surface area contributed by atoms with Crippen LogP contribution in [0.15, 0.2) is 44.0 Å². The molecule has 0 atom stereocenters. The number of hydrogen-bond donors (Lipinski definition) is 0. The Kier molecular flexibility index (Phi) is 3.95. The summed E-state index contributed by atoms with van der Waals surface area (Å²) in [5.74, 6) is 0.149. The SMILES string of the molecule is O=C(Cc1ccc(Br)cc1)c1cscc1Br. The van der Waals surface area contributed by atoms with Crippen molar-refractivity contribution in [2.45, 2.75) is 6.42 Å². The van der Waals surface area contributed by atoms with E-state index in [-0.39, 0.29) is 5.78 Å². The van der Waals surface area contributed by atoms with Gasteiger partial charge in [-0.1, -0.05) is 28.1 Å². The summed E-state index contributed by atoms with van der Waals surface area (Å²) in [6, 6.07) is 7.82. The lowest BCUT2D eigenvalue weighted by Crippen LogP contribution is -2.02. The van der Waals surface area contributed by atoms with Gasteiger partial charge < -0.3 is 0 Å². The van der Waals surface area contributed by atoms with Crippen LogP contribution in [0.3, 0.4) is 0 Å². The molecule has 16 heavy (non-hydrogen) atoms. The van der Waals surface area contributed by atoms with Crippen LogP contribution in [0.5, 0.6) is 0 Å². The predicted octanol–water partition coefficient (Wildman–Crippen LogP) is 4.70. The molecule has 1 heterocycles. The summed E-state index contributed by atoms with van der Waals surface area (Å²) in [5, 5.41) is 3.81. The van der Waals surface area contributed by atoms with Crippen LogP contribution in [0.25, 0.3) is 0 Å². The molecule has 1 nitrogen and oxygen atoms in total. The Bertz CT molecular complexity index is 502. The molecule has 0 aliphatic rings. The van der Waals surface area contributed by atoms with E-state index in [1.807, 2.05) is 35.0 Å². The Morgan fingerprint density at radius 1 is 1.12 bits per heavy atom. The first-order chi connectivity index (χ1) is 7.66. The minimum atomic E-state index is 0.149. The normalized spacial score (nSPS) is 10.4. The minimum absolute atomic E-state index is 0.149. The van der Waals surface area contributed by atoms with Gasteiger partial charge in [-0.25, -0.2) is 0 Å². The number of hydrogen-bond acceptors (Lipinski definition) is 2. The molecule has 82 valence electrons. The van der Waals surface area contributed by atoms with Crippen molar-refractivity contribution in [3.63, 3.8) is 0 Å². The van der Waals surface area contributed by atoms with Crippen LogP contribution in [0.2, 0.25) is 0 Å². The van der Waals surface area contributed by atoms with Crippen molar-refractivity contribution in [2.24, 2.45) is 0 Å². The maximum absolute atomic E-state index is 11.9. The number of carbonyl (C=O) groups excluding carboxylic acids is 1. The summed E-state index contributed by atoms with van der Waals surface area (Å²) in [4.78, 5) is 11.9. The molecule has 0 spiro atoms. The number of Topliss-reactive ketones (excluding diaryl/α,β-unsaturated/α-hetero) is 1. The van der Waals surface area contributed by atoms with E-state index in [0.717, 1.165) is 20.1 Å². The van der Waals surface area contributed by atoms with Crippen LogP contribution >= 0.6 is 43.2 Å². The molecular weight excluding hydrogens is 352 g/mol. The first kappa shape index (κ1) is 12.0. The van der Waals surface area contributed by atoms with Crippen molar-refractivity contribution in [1.29, 1.82) is 0 Å². The molecule has 1 aromatic heterocycles. The summed E-state index contributed by atoms with van der Waals surface area (Å²) in [5.41, 5.74) is 1.80. The lowest BCUT2D eigenvalue weighted by molar-refractivity contribution is 0.0992. The van der Waals surface area contributed by atoms with E-state index in [1.54, 1.807) is 0 Å². The topological polar surface area (TPSA) is 17.1 Å². The second-order valence-electron chi connectivity index (χ2n) is 3.36. The van der Waals surface area contributed by atoms with Gasteiger partial charge in [-0.2, -0.15) is 11.3 Å². The smallest absolute Gasteiger partial charge is 0.169 e. The van der Waals surface area contributed by atoms with Crippen LogP contribution in [0.1, 0.15) is 15.9 Å². The molecule has 0 radical (unpaired) electrons. The third kappa shape index (κ3) is 2.81. The number of halogens is 2. The Hall–Kier alpha value is -0.450. The Balaban J connectivity index is 2.14. The molecule has 0 aliphatic carbocycles. The van der Waals surface area contributed by atoms with E-state index in [9.17, 15) is 4.79 Å². The summed E-state index contributed by atoms with van der Waals surface area (Å²) in [7, 11) is 0. The standard InChI is InChI=1S/C12H8Br2OS/c13-9-3-1-8(2-4-9)5-12(15)10-6-16-7-11(10)14/h1-4,6-7H,5H2. The summed E-state index contributed by atoms with van der Waals surface area (Å²) < 4.78 is 1.92. The van der Waals surface area contributed by atoms with E-state index in [1.165, 1.54) is 11.3 Å². The van der Waals surface area contributed by atoms with Crippen LogP contribution in [0, 0.1) is 0 Å². The van der Waals surface area contributed by atoms with Crippen LogP contribution in [-0.2, 0) is 6.42 Å². The van der Waals surface area contributed by atoms with Crippen molar-refractivity contribution >= 4 is 49.0 Å². The fourth-order valence-electron chi connectivity index (χ4n) is 1.36. The quantitative estimate of drug-likeness (QED) is 0.726. The molecule has 2 aromatic rings. The summed E-state index contributed by atoms with van der Waals surface area (Å²) in [6.07, 6.45) is 0.447. The highest BCUT2D eigenvalue weighted by Crippen LogP contribution is 2.23. The highest BCUT2D eigenvalue weighted by Gasteiger charge is 2.11. The zero-order valence-electron chi connectivity index (χ0n) is 8.24. The van der Waals surface area contributed by atoms with Gasteiger partial charge in [-0.05, 0) is 33.6 Å². The Morgan fingerprint density at radius 2 is 1.81 bits per heavy atom. The molecule has 0 amide bonds. The van der Waals surface area contributed by atoms with Crippen molar-refractivity contribution < 1.29 is 4.79 Å². The maximum Gasteiger partial charge on any atom is 0.169 e. The Labute approximate surface area is 115 Å². The molecule has 0 N–H and O–H groups in total. The third-order valence-electron chi connectivity index (χ3n) is 2.19. The second-order valence-corrected chi connectivity index (χ2v) is 5.87. The molecule has 0 saturated carbocycles. The molecule has 0 saturated heterocycles. The van der Waals surface area contributed by atoms with E-state index >= 15 is 0 Å². The van der Waals surface area contributed by atoms with Crippen molar-refractivity contribution in [3.8, 4) is 0 Å². The third-order valence-corrected chi connectivity index (χ3v) is 4.42. The molecular formula is C12H8Br2OS. The van der Waals surface area contributed by atoms with Crippen molar-refractivity contribution in [1.82, 2.24) is 0 Å². The van der Waals surface area contributed by atoms with Gasteiger partial charge in [0.05, 0.1) is 0 Å². The first-order valence-corrected chi connectivity index (χ1v) is 7.19. The fourth-order valence-corrected chi connectivity index (χ4v) is 3.15. The summed E-state index contributed by atoms with van der Waals surface area (Å²) >= 11 is 8.28. The molecule has 1 aromatic carbocycles. The number of ketones is 1. The fraction of sp³-hybridized carbons (Fsp3) is 0.0833. The average molecular weight is 360 g/mol. The largest absolute Gasteiger partial charge is 0.294 e. The van der Waals surface area contributed by atoms with Crippen LogP contribution in [-0.4, -0.2) is 5.78 Å². The second kappa shape index (κ2) is 5.25. The molecule has 0 unspecified atom stereocenters. The molecule has 2 rings (SSSR count). The van der Waals surface area contributed by atoms with Gasteiger partial charge in [0.15, 0.2) is 5.78 Å². The van der Waals surface area contributed by atoms with Gasteiger partial charge in [-0.15, -0.1) is 0 Å². The van der Waals surface area contributed by atoms with E-state index in [2.05, 4.69) is 31.9 Å². The van der Waals surface area contributed by atoms with Gasteiger partial charge in [0.2, 0.25) is 0 Å². The van der Waals surface area contributed by atoms with Gasteiger partial charge in [0, 0.05) is 31.7 Å². The number of benzene rings is 1. The summed E-state index contributed by atoms with van der Waals surface area (Å²) in [6.45, 7) is 0. The van der Waals surface area contributed by atoms with Crippen LogP contribution < -0.4 is 0 Å². The van der Waals surface area contributed by atoms with Gasteiger partial charge in [-0.3, -0.25) is 4.79 Å². The molecule has 4 heteroatoms. The monoisotopic (exact) mass is 358 g/mol. The number of carbonyl (C=O) groups is 1. The van der Waals surface area contributed by atoms with E-state index < -0.39 is 0 Å². The van der Waals surface area contributed by atoms with E-state index in [4.69, 9.17) is 0 Å². The minimum Gasteiger partial charge on any atom is -0.294 e. The van der Waals surface area contributed by atoms with Crippen LogP contribution in [0.4, 0.5) is 0 Å². The van der Waals surface area contributed by atoms with Crippen molar-refractivity contribution in [3.05, 3.63) is 55.1 Å². The molecule has 0 fully saturated rings. The highest BCUT2D eigenvalue weighted by molar-refractivity contribution is 9.10. The molecule has 0 bridgehead atoms. The van der Waals surface area contributed by atoms with Gasteiger partial charge >= 0.3 is 0 Å². The number of rotatable bonds is 3. The predicted molar refractivity (Wildman–Crippen MR) is 74.2 cm³/mol. The van der Waals surface area contributed by atoms with Gasteiger partial charge in [0.1, 0.15) is 0 Å². The lowest BCUT2D eigenvalue weighted by atomic mass is 10.1. The van der Waals surface area contributed by atoms with Gasteiger partial charge in [0.25, 0.3) is 0 Å². The Morgan fingerprint density at radius 3 is 2.38 bits per heavy atom. The highest BCUT2D eigenvalue weighted by atomic mass is 79.9. The number of thiophene rings is 1. The van der Waals surface area contributed by atoms with Crippen molar-refractivity contribution in [2.75, 3.05) is 0 Å².